The summed E-state index contributed by atoms with van der Waals surface area (Å²) in [6.07, 6.45) is -3.80. The van der Waals surface area contributed by atoms with Gasteiger partial charge in [-0.15, -0.1) is 0 Å². The van der Waals surface area contributed by atoms with Crippen LogP contribution in [0.3, 0.4) is 0 Å². The maximum atomic E-state index is 13.0. The second-order valence-electron chi connectivity index (χ2n) is 6.31. The van der Waals surface area contributed by atoms with Crippen LogP contribution in [0.5, 0.6) is 0 Å². The zero-order valence-electron chi connectivity index (χ0n) is 15.0. The number of primary sulfonamides is 1. The van der Waals surface area contributed by atoms with Crippen molar-refractivity contribution in [1.29, 1.82) is 0 Å². The van der Waals surface area contributed by atoms with Crippen LogP contribution in [0, 0.1) is 0 Å². The van der Waals surface area contributed by atoms with Crippen molar-refractivity contribution in [1.82, 2.24) is 9.78 Å². The molecule has 0 spiro atoms. The van der Waals surface area contributed by atoms with Gasteiger partial charge in [0.05, 0.1) is 23.9 Å². The minimum Gasteiger partial charge on any atom is -0.369 e. The molecule has 0 aliphatic carbocycles. The van der Waals surface area contributed by atoms with Crippen molar-refractivity contribution in [3.63, 3.8) is 0 Å². The first kappa shape index (κ1) is 21.8. The van der Waals surface area contributed by atoms with Gasteiger partial charge in [0.25, 0.3) is 0 Å². The number of nitrogens with two attached hydrogens (primary N) is 2. The summed E-state index contributed by atoms with van der Waals surface area (Å²) in [4.78, 5) is 11.0. The van der Waals surface area contributed by atoms with Crippen molar-refractivity contribution >= 4 is 27.5 Å². The molecule has 3 rings (SSSR count). The lowest BCUT2D eigenvalue weighted by atomic mass is 9.96. The van der Waals surface area contributed by atoms with Gasteiger partial charge in [-0.3, -0.25) is 4.79 Å². The Morgan fingerprint density at radius 3 is 2.27 bits per heavy atom. The van der Waals surface area contributed by atoms with E-state index in [4.69, 9.17) is 22.5 Å². The molecule has 2 aromatic carbocycles. The molecule has 0 unspecified atom stereocenters. The monoisotopic (exact) mass is 458 g/mol. The second kappa shape index (κ2) is 7.74. The fourth-order valence-corrected chi connectivity index (χ4v) is 4.06. The van der Waals surface area contributed by atoms with E-state index in [9.17, 15) is 26.4 Å². The predicted octanol–water partition coefficient (Wildman–Crippen LogP) is 2.89. The Kier molecular flexibility index (Phi) is 5.63. The van der Waals surface area contributed by atoms with Crippen molar-refractivity contribution < 1.29 is 26.4 Å². The number of carbonyl (C=O) groups excluding carboxylic acids is 1. The number of amides is 1. The number of aromatic nitrogens is 2. The number of rotatable bonds is 5. The summed E-state index contributed by atoms with van der Waals surface area (Å²) in [5, 5.41) is 9.42. The molecule has 1 heterocycles. The van der Waals surface area contributed by atoms with E-state index in [0.717, 1.165) is 4.68 Å². The molecule has 0 aliphatic rings. The minimum absolute atomic E-state index is 0.0227. The summed E-state index contributed by atoms with van der Waals surface area (Å²) in [6, 6.07) is 8.55. The molecule has 3 aromatic rings. The van der Waals surface area contributed by atoms with Crippen LogP contribution in [0.2, 0.25) is 5.02 Å². The number of carbonyl (C=O) groups is 1. The molecule has 30 heavy (non-hydrogen) atoms. The van der Waals surface area contributed by atoms with E-state index in [-0.39, 0.29) is 23.2 Å². The number of primary amides is 1. The van der Waals surface area contributed by atoms with Crippen LogP contribution in [-0.2, 0) is 27.4 Å². The van der Waals surface area contributed by atoms with Crippen LogP contribution in [0.4, 0.5) is 13.2 Å². The van der Waals surface area contributed by atoms with Crippen molar-refractivity contribution in [3.8, 4) is 16.8 Å². The highest BCUT2D eigenvalue weighted by atomic mass is 35.5. The van der Waals surface area contributed by atoms with Crippen LogP contribution in [0.1, 0.15) is 11.1 Å². The normalized spacial score (nSPS) is 12.2. The van der Waals surface area contributed by atoms with E-state index in [1.807, 2.05) is 0 Å². The highest BCUT2D eigenvalue weighted by molar-refractivity contribution is 7.89. The Morgan fingerprint density at radius 1 is 1.13 bits per heavy atom. The molecule has 12 heteroatoms. The van der Waals surface area contributed by atoms with Crippen molar-refractivity contribution in [2.75, 3.05) is 0 Å². The highest BCUT2D eigenvalue weighted by Gasteiger charge is 2.33. The Morgan fingerprint density at radius 2 is 1.77 bits per heavy atom. The van der Waals surface area contributed by atoms with Gasteiger partial charge in [0.1, 0.15) is 4.90 Å². The first-order chi connectivity index (χ1) is 13.9. The van der Waals surface area contributed by atoms with Crippen molar-refractivity contribution in [2.24, 2.45) is 10.9 Å². The summed E-state index contributed by atoms with van der Waals surface area (Å²) in [5.41, 5.74) is 4.55. The molecule has 7 nitrogen and oxygen atoms in total. The predicted molar refractivity (Wildman–Crippen MR) is 103 cm³/mol. The third kappa shape index (κ3) is 4.48. The number of alkyl halides is 3. The minimum atomic E-state index is -4.68. The Hall–Kier alpha value is -2.89. The van der Waals surface area contributed by atoms with Gasteiger partial charge in [-0.2, -0.15) is 18.3 Å². The third-order valence-corrected chi connectivity index (χ3v) is 5.40. The first-order valence-electron chi connectivity index (χ1n) is 8.23. The molecule has 0 bridgehead atoms. The Bertz CT molecular complexity index is 1220. The average Bonchev–Trinajstić information content (AvgIpc) is 3.11. The Labute approximate surface area is 174 Å². The first-order valence-corrected chi connectivity index (χ1v) is 10.2. The number of sulfonamides is 1. The van der Waals surface area contributed by atoms with Gasteiger partial charge in [-0.05, 0) is 29.3 Å². The molecule has 0 saturated carbocycles. The van der Waals surface area contributed by atoms with E-state index >= 15 is 0 Å². The van der Waals surface area contributed by atoms with E-state index in [0.29, 0.717) is 23.0 Å². The smallest absolute Gasteiger partial charge is 0.369 e. The van der Waals surface area contributed by atoms with Gasteiger partial charge in [0.15, 0.2) is 0 Å². The molecule has 158 valence electrons. The second-order valence-corrected chi connectivity index (χ2v) is 8.25. The molecule has 0 radical (unpaired) electrons. The van der Waals surface area contributed by atoms with E-state index in [1.54, 1.807) is 0 Å². The van der Waals surface area contributed by atoms with Gasteiger partial charge in [-0.1, -0.05) is 29.8 Å². The number of halogens is 4. The summed E-state index contributed by atoms with van der Waals surface area (Å²) >= 11 is 5.89. The van der Waals surface area contributed by atoms with Crippen molar-refractivity contribution in [3.05, 3.63) is 64.9 Å². The summed E-state index contributed by atoms with van der Waals surface area (Å²) in [5.74, 6) is -0.739. The van der Waals surface area contributed by atoms with E-state index < -0.39 is 32.6 Å². The van der Waals surface area contributed by atoms with Gasteiger partial charge < -0.3 is 5.73 Å². The van der Waals surface area contributed by atoms with Crippen LogP contribution in [0.15, 0.2) is 53.7 Å². The van der Waals surface area contributed by atoms with Gasteiger partial charge in [0.2, 0.25) is 15.9 Å². The van der Waals surface area contributed by atoms with Crippen LogP contribution in [-0.4, -0.2) is 24.1 Å². The van der Waals surface area contributed by atoms with E-state index in [2.05, 4.69) is 5.10 Å². The molecule has 4 N–H and O–H groups in total. The largest absolute Gasteiger partial charge is 0.419 e. The van der Waals surface area contributed by atoms with Gasteiger partial charge in [0, 0.05) is 16.8 Å². The zero-order valence-corrected chi connectivity index (χ0v) is 16.6. The maximum absolute atomic E-state index is 13.0. The van der Waals surface area contributed by atoms with Crippen LogP contribution in [0.25, 0.3) is 16.8 Å². The SMILES string of the molecule is NC(=O)Cc1ccc(-n2cc(C(F)(F)F)cn2)c(S(N)(=O)=O)c1-c1ccc(Cl)cc1. The number of nitrogens with zero attached hydrogens (tertiary/aromatic N) is 2. The van der Waals surface area contributed by atoms with Crippen LogP contribution >= 0.6 is 11.6 Å². The number of benzene rings is 2. The molecule has 0 atom stereocenters. The molecule has 1 aromatic heterocycles. The maximum Gasteiger partial charge on any atom is 0.419 e. The molecular weight excluding hydrogens is 445 g/mol. The lowest BCUT2D eigenvalue weighted by Gasteiger charge is -2.17. The van der Waals surface area contributed by atoms with E-state index in [1.165, 1.54) is 36.4 Å². The van der Waals surface area contributed by atoms with Gasteiger partial charge >= 0.3 is 6.18 Å². The fourth-order valence-electron chi connectivity index (χ4n) is 2.95. The quantitative estimate of drug-likeness (QED) is 0.610. The third-order valence-electron chi connectivity index (χ3n) is 4.16. The molecular formula is C18H14ClF3N4O3S. The number of hydrogen-bond donors (Lipinski definition) is 2. The number of hydrogen-bond acceptors (Lipinski definition) is 4. The summed E-state index contributed by atoms with van der Waals surface area (Å²) in [7, 11) is -4.48. The Balaban J connectivity index is 2.37. The zero-order chi connectivity index (χ0) is 22.3. The average molecular weight is 459 g/mol. The standard InChI is InChI=1S/C18H14ClF3N4O3S/c19-13-4-1-10(2-5-13)16-11(7-15(23)27)3-6-14(17(16)30(24,28)29)26-9-12(8-25-26)18(20,21)22/h1-6,8-9H,7H2,(H2,23,27)(H2,24,28,29). The molecule has 0 fully saturated rings. The topological polar surface area (TPSA) is 121 Å². The van der Waals surface area contributed by atoms with Crippen molar-refractivity contribution in [2.45, 2.75) is 17.5 Å². The molecule has 0 aliphatic heterocycles. The fraction of sp³-hybridized carbons (Fsp3) is 0.111. The molecule has 0 saturated heterocycles. The lowest BCUT2D eigenvalue weighted by Crippen LogP contribution is -2.20. The van der Waals surface area contributed by atoms with Crippen LogP contribution < -0.4 is 10.9 Å². The summed E-state index contributed by atoms with van der Waals surface area (Å²) < 4.78 is 64.7. The highest BCUT2D eigenvalue weighted by Crippen LogP contribution is 2.37. The summed E-state index contributed by atoms with van der Waals surface area (Å²) in [6.45, 7) is 0. The lowest BCUT2D eigenvalue weighted by molar-refractivity contribution is -0.137. The van der Waals surface area contributed by atoms with Gasteiger partial charge in [-0.25, -0.2) is 18.2 Å². The molecule has 1 amide bonds.